The number of anilines is 1. The Kier molecular flexibility index (Phi) is 5.32. The number of carbonyl (C=O) groups excluding carboxylic acids is 1. The van der Waals surface area contributed by atoms with Crippen molar-refractivity contribution in [2.24, 2.45) is 0 Å². The van der Waals surface area contributed by atoms with Gasteiger partial charge in [-0.1, -0.05) is 46.9 Å². The van der Waals surface area contributed by atoms with Gasteiger partial charge < -0.3 is 5.32 Å². The Hall–Kier alpha value is -2.34. The third-order valence-electron chi connectivity index (χ3n) is 3.58. The van der Waals surface area contributed by atoms with Gasteiger partial charge in [-0.05, 0) is 37.3 Å². The van der Waals surface area contributed by atoms with Crippen molar-refractivity contribution < 1.29 is 4.79 Å². The number of aryl methyl sites for hydroxylation is 1. The molecule has 0 radical (unpaired) electrons. The number of carbonyl (C=O) groups is 1. The van der Waals surface area contributed by atoms with E-state index in [0.29, 0.717) is 27.1 Å². The minimum Gasteiger partial charge on any atom is -0.319 e. The largest absolute Gasteiger partial charge is 0.319 e. The third kappa shape index (κ3) is 3.75. The summed E-state index contributed by atoms with van der Waals surface area (Å²) in [5.41, 5.74) is 0.650. The second kappa shape index (κ2) is 7.50. The summed E-state index contributed by atoms with van der Waals surface area (Å²) in [5.74, 6) is -0.681. The molecule has 1 amide bonds. The van der Waals surface area contributed by atoms with Crippen LogP contribution in [0.25, 0.3) is 5.69 Å². The number of benzene rings is 2. The Morgan fingerprint density at radius 2 is 1.77 bits per heavy atom. The molecule has 0 saturated heterocycles. The van der Waals surface area contributed by atoms with Crippen molar-refractivity contribution in [2.75, 3.05) is 5.32 Å². The second-order valence-corrected chi connectivity index (χ2v) is 6.69. The number of hydrogen-bond acceptors (Lipinski definition) is 3. The zero-order valence-corrected chi connectivity index (χ0v) is 15.7. The predicted molar refractivity (Wildman–Crippen MR) is 104 cm³/mol. The summed E-state index contributed by atoms with van der Waals surface area (Å²) in [6.45, 7) is 1.70. The van der Waals surface area contributed by atoms with Crippen molar-refractivity contribution in [1.82, 2.24) is 9.78 Å². The highest BCUT2D eigenvalue weighted by Gasteiger charge is 2.17. The Labute approximate surface area is 164 Å². The number of nitrogens with zero attached hydrogens (tertiary/aromatic N) is 2. The topological polar surface area (TPSA) is 64.0 Å². The van der Waals surface area contributed by atoms with Crippen LogP contribution >= 0.6 is 34.8 Å². The van der Waals surface area contributed by atoms with Gasteiger partial charge in [-0.25, -0.2) is 4.68 Å². The minimum atomic E-state index is -0.681. The van der Waals surface area contributed by atoms with Crippen molar-refractivity contribution in [3.8, 4) is 5.69 Å². The lowest BCUT2D eigenvalue weighted by Crippen LogP contribution is -2.27. The van der Waals surface area contributed by atoms with Gasteiger partial charge in [0.2, 0.25) is 5.43 Å². The molecule has 0 aliphatic heterocycles. The fraction of sp³-hybridized carbons (Fsp3) is 0.0556. The molecule has 26 heavy (non-hydrogen) atoms. The molecular formula is C18H12Cl3N3O2. The second-order valence-electron chi connectivity index (χ2n) is 5.44. The molecule has 1 aromatic heterocycles. The molecule has 1 N–H and O–H groups in total. The SMILES string of the molecule is Cc1cc(=O)c(C(=O)Nc2ccc(Cl)cc2Cl)nn1-c1ccccc1Cl. The van der Waals surface area contributed by atoms with Gasteiger partial charge in [0.1, 0.15) is 0 Å². The molecule has 132 valence electrons. The first kappa shape index (κ1) is 18.5. The first-order valence-corrected chi connectivity index (χ1v) is 8.62. The van der Waals surface area contributed by atoms with Gasteiger partial charge >= 0.3 is 0 Å². The Balaban J connectivity index is 2.02. The molecule has 0 atom stereocenters. The Morgan fingerprint density at radius 3 is 2.46 bits per heavy atom. The molecule has 3 rings (SSSR count). The number of halogens is 3. The van der Waals surface area contributed by atoms with Gasteiger partial charge in [-0.15, -0.1) is 0 Å². The summed E-state index contributed by atoms with van der Waals surface area (Å²) in [5, 5.41) is 7.88. The third-order valence-corrected chi connectivity index (χ3v) is 4.45. The van der Waals surface area contributed by atoms with Crippen molar-refractivity contribution in [1.29, 1.82) is 0 Å². The number of hydrogen-bond donors (Lipinski definition) is 1. The molecular weight excluding hydrogens is 397 g/mol. The average Bonchev–Trinajstić information content (AvgIpc) is 2.58. The van der Waals surface area contributed by atoms with Crippen molar-refractivity contribution in [2.45, 2.75) is 6.92 Å². The van der Waals surface area contributed by atoms with E-state index in [1.165, 1.54) is 16.8 Å². The molecule has 0 aliphatic rings. The molecule has 0 fully saturated rings. The summed E-state index contributed by atoms with van der Waals surface area (Å²) in [6.07, 6.45) is 0. The number of aromatic nitrogens is 2. The van der Waals surface area contributed by atoms with Crippen LogP contribution in [0, 0.1) is 6.92 Å². The van der Waals surface area contributed by atoms with Crippen LogP contribution in [0.15, 0.2) is 53.3 Å². The molecule has 0 aliphatic carbocycles. The quantitative estimate of drug-likeness (QED) is 0.680. The summed E-state index contributed by atoms with van der Waals surface area (Å²) < 4.78 is 1.45. The maximum Gasteiger partial charge on any atom is 0.280 e. The average molecular weight is 409 g/mol. The van der Waals surface area contributed by atoms with E-state index >= 15 is 0 Å². The molecule has 1 heterocycles. The molecule has 8 heteroatoms. The Morgan fingerprint density at radius 1 is 1.04 bits per heavy atom. The van der Waals surface area contributed by atoms with Crippen LogP contribution in [0.4, 0.5) is 5.69 Å². The molecule has 0 bridgehead atoms. The maximum absolute atomic E-state index is 12.5. The lowest BCUT2D eigenvalue weighted by molar-refractivity contribution is 0.101. The molecule has 0 spiro atoms. The maximum atomic E-state index is 12.5. The molecule has 5 nitrogen and oxygen atoms in total. The number of rotatable bonds is 3. The number of nitrogens with one attached hydrogen (secondary N) is 1. The van der Waals surface area contributed by atoms with Crippen LogP contribution in [0.3, 0.4) is 0 Å². The Bertz CT molecular complexity index is 1060. The van der Waals surface area contributed by atoms with Gasteiger partial charge in [-0.2, -0.15) is 5.10 Å². The van der Waals surface area contributed by atoms with Gasteiger partial charge in [0.05, 0.1) is 21.4 Å². The fourth-order valence-corrected chi connectivity index (χ4v) is 3.02. The standard InChI is InChI=1S/C18H12Cl3N3O2/c1-10-8-16(25)17(23-24(10)15-5-3-2-4-12(15)20)18(26)22-14-7-6-11(19)9-13(14)21/h2-9H,1H3,(H,22,26). The van der Waals surface area contributed by atoms with Crippen LogP contribution in [0.1, 0.15) is 16.2 Å². The van der Waals surface area contributed by atoms with E-state index in [9.17, 15) is 9.59 Å². The highest BCUT2D eigenvalue weighted by atomic mass is 35.5. The van der Waals surface area contributed by atoms with E-state index in [1.807, 2.05) is 0 Å². The first-order chi connectivity index (χ1) is 12.4. The van der Waals surface area contributed by atoms with Crippen LogP contribution in [0.5, 0.6) is 0 Å². The number of amides is 1. The van der Waals surface area contributed by atoms with Crippen LogP contribution in [-0.4, -0.2) is 15.7 Å². The van der Waals surface area contributed by atoms with Crippen molar-refractivity contribution >= 4 is 46.4 Å². The van der Waals surface area contributed by atoms with E-state index in [2.05, 4.69) is 10.4 Å². The van der Waals surface area contributed by atoms with E-state index in [-0.39, 0.29) is 10.7 Å². The van der Waals surface area contributed by atoms with E-state index in [1.54, 1.807) is 43.3 Å². The van der Waals surface area contributed by atoms with Gasteiger partial charge in [-0.3, -0.25) is 9.59 Å². The van der Waals surface area contributed by atoms with E-state index in [0.717, 1.165) is 0 Å². The number of para-hydroxylation sites is 1. The van der Waals surface area contributed by atoms with E-state index < -0.39 is 11.3 Å². The predicted octanol–water partition coefficient (Wildman–Crippen LogP) is 4.75. The normalized spacial score (nSPS) is 10.6. The lowest BCUT2D eigenvalue weighted by Gasteiger charge is -2.13. The van der Waals surface area contributed by atoms with Crippen LogP contribution in [-0.2, 0) is 0 Å². The molecule has 0 unspecified atom stereocenters. The first-order valence-electron chi connectivity index (χ1n) is 7.49. The van der Waals surface area contributed by atoms with Crippen molar-refractivity contribution in [3.63, 3.8) is 0 Å². The molecule has 3 aromatic rings. The smallest absolute Gasteiger partial charge is 0.280 e. The molecule has 2 aromatic carbocycles. The van der Waals surface area contributed by atoms with Crippen molar-refractivity contribution in [3.05, 3.63) is 85.2 Å². The lowest BCUT2D eigenvalue weighted by atomic mass is 10.2. The summed E-state index contributed by atoms with van der Waals surface area (Å²) in [4.78, 5) is 24.8. The highest BCUT2D eigenvalue weighted by Crippen LogP contribution is 2.25. The van der Waals surface area contributed by atoms with Crippen LogP contribution in [0.2, 0.25) is 15.1 Å². The van der Waals surface area contributed by atoms with Crippen LogP contribution < -0.4 is 10.7 Å². The minimum absolute atomic E-state index is 0.254. The summed E-state index contributed by atoms with van der Waals surface area (Å²) >= 11 is 18.1. The highest BCUT2D eigenvalue weighted by molar-refractivity contribution is 6.36. The van der Waals surface area contributed by atoms with Gasteiger partial charge in [0.15, 0.2) is 5.69 Å². The zero-order valence-electron chi connectivity index (χ0n) is 13.5. The van der Waals surface area contributed by atoms with E-state index in [4.69, 9.17) is 34.8 Å². The van der Waals surface area contributed by atoms with Gasteiger partial charge in [0.25, 0.3) is 5.91 Å². The fourth-order valence-electron chi connectivity index (χ4n) is 2.34. The summed E-state index contributed by atoms with van der Waals surface area (Å²) in [7, 11) is 0. The zero-order chi connectivity index (χ0) is 18.8. The monoisotopic (exact) mass is 407 g/mol. The summed E-state index contributed by atoms with van der Waals surface area (Å²) in [6, 6.07) is 12.9. The van der Waals surface area contributed by atoms with Gasteiger partial charge in [0, 0.05) is 16.8 Å². The molecule has 0 saturated carbocycles.